The monoisotopic (exact) mass is 322 g/mol. The number of carbonyl (C=O) groups is 1. The SMILES string of the molecule is O=C(OCc1cc(=O)oc2cc(Br)ccc12)C1CC1. The van der Waals surface area contributed by atoms with Gasteiger partial charge < -0.3 is 9.15 Å². The zero-order valence-electron chi connectivity index (χ0n) is 10.0. The highest BCUT2D eigenvalue weighted by molar-refractivity contribution is 9.10. The third-order valence-corrected chi connectivity index (χ3v) is 3.57. The van der Waals surface area contributed by atoms with E-state index in [1.54, 1.807) is 6.07 Å². The summed E-state index contributed by atoms with van der Waals surface area (Å²) in [4.78, 5) is 23.0. The molecule has 1 aliphatic rings. The van der Waals surface area contributed by atoms with Gasteiger partial charge in [-0.3, -0.25) is 4.79 Å². The first-order chi connectivity index (χ1) is 9.13. The van der Waals surface area contributed by atoms with E-state index in [2.05, 4.69) is 15.9 Å². The highest BCUT2D eigenvalue weighted by atomic mass is 79.9. The predicted octanol–water partition coefficient (Wildman–Crippen LogP) is 3.01. The summed E-state index contributed by atoms with van der Waals surface area (Å²) >= 11 is 3.32. The molecule has 1 aliphatic carbocycles. The molecule has 98 valence electrons. The average Bonchev–Trinajstić information content (AvgIpc) is 3.18. The first-order valence-corrected chi connectivity index (χ1v) is 6.82. The summed E-state index contributed by atoms with van der Waals surface area (Å²) in [7, 11) is 0. The Bertz CT molecular complexity index is 700. The fourth-order valence-electron chi connectivity index (χ4n) is 1.91. The molecule has 0 unspecified atom stereocenters. The van der Waals surface area contributed by atoms with E-state index in [1.165, 1.54) is 6.07 Å². The molecule has 3 rings (SSSR count). The van der Waals surface area contributed by atoms with E-state index in [9.17, 15) is 9.59 Å². The van der Waals surface area contributed by atoms with Crippen LogP contribution < -0.4 is 5.63 Å². The lowest BCUT2D eigenvalue weighted by atomic mass is 10.1. The Morgan fingerprint density at radius 3 is 2.89 bits per heavy atom. The maximum Gasteiger partial charge on any atom is 0.336 e. The standard InChI is InChI=1S/C14H11BrO4/c15-10-3-4-11-9(5-13(16)19-12(11)6-10)7-18-14(17)8-1-2-8/h3-6,8H,1-2,7H2. The van der Waals surface area contributed by atoms with Crippen LogP contribution in [0, 0.1) is 5.92 Å². The van der Waals surface area contributed by atoms with Crippen LogP contribution in [-0.2, 0) is 16.1 Å². The van der Waals surface area contributed by atoms with E-state index in [4.69, 9.17) is 9.15 Å². The minimum atomic E-state index is -0.442. The van der Waals surface area contributed by atoms with Crippen LogP contribution in [0.5, 0.6) is 0 Å². The highest BCUT2D eigenvalue weighted by Crippen LogP contribution is 2.30. The molecule has 19 heavy (non-hydrogen) atoms. The third-order valence-electron chi connectivity index (χ3n) is 3.07. The smallest absolute Gasteiger partial charge is 0.336 e. The van der Waals surface area contributed by atoms with Crippen LogP contribution in [0.1, 0.15) is 18.4 Å². The van der Waals surface area contributed by atoms with Crippen LogP contribution in [0.3, 0.4) is 0 Å². The molecule has 1 fully saturated rings. The van der Waals surface area contributed by atoms with Crippen molar-refractivity contribution < 1.29 is 13.9 Å². The van der Waals surface area contributed by atoms with Crippen LogP contribution >= 0.6 is 15.9 Å². The van der Waals surface area contributed by atoms with Crippen LogP contribution in [0.25, 0.3) is 11.0 Å². The van der Waals surface area contributed by atoms with Gasteiger partial charge in [0.05, 0.1) is 5.92 Å². The Morgan fingerprint density at radius 1 is 1.37 bits per heavy atom. The molecule has 0 amide bonds. The van der Waals surface area contributed by atoms with Crippen LogP contribution in [-0.4, -0.2) is 5.97 Å². The average molecular weight is 323 g/mol. The van der Waals surface area contributed by atoms with E-state index in [0.717, 1.165) is 22.7 Å². The molecule has 4 nitrogen and oxygen atoms in total. The number of fused-ring (bicyclic) bond motifs is 1. The topological polar surface area (TPSA) is 56.5 Å². The molecule has 0 saturated heterocycles. The van der Waals surface area contributed by atoms with E-state index in [-0.39, 0.29) is 18.5 Å². The maximum absolute atomic E-state index is 11.5. The van der Waals surface area contributed by atoms with Crippen molar-refractivity contribution in [3.8, 4) is 0 Å². The lowest BCUT2D eigenvalue weighted by Crippen LogP contribution is -2.08. The number of esters is 1. The molecule has 0 N–H and O–H groups in total. The van der Waals surface area contributed by atoms with Gasteiger partial charge >= 0.3 is 11.6 Å². The van der Waals surface area contributed by atoms with Crippen molar-refractivity contribution in [2.75, 3.05) is 0 Å². The third kappa shape index (κ3) is 2.71. The number of ether oxygens (including phenoxy) is 1. The van der Waals surface area contributed by atoms with Gasteiger partial charge in [0.25, 0.3) is 0 Å². The normalized spacial score (nSPS) is 14.6. The molecule has 5 heteroatoms. The molecule has 1 aromatic heterocycles. The molecule has 1 aromatic carbocycles. The number of hydrogen-bond acceptors (Lipinski definition) is 4. The highest BCUT2D eigenvalue weighted by Gasteiger charge is 2.31. The quantitative estimate of drug-likeness (QED) is 0.644. The van der Waals surface area contributed by atoms with Gasteiger partial charge in [-0.1, -0.05) is 15.9 Å². The van der Waals surface area contributed by atoms with Gasteiger partial charge in [0.2, 0.25) is 0 Å². The van der Waals surface area contributed by atoms with Gasteiger partial charge in [0.15, 0.2) is 0 Å². The molecule has 0 spiro atoms. The van der Waals surface area contributed by atoms with Crippen LogP contribution in [0.2, 0.25) is 0 Å². The second-order valence-corrected chi connectivity index (χ2v) is 5.53. The summed E-state index contributed by atoms with van der Waals surface area (Å²) in [6, 6.07) is 6.79. The lowest BCUT2D eigenvalue weighted by Gasteiger charge is -2.06. The predicted molar refractivity (Wildman–Crippen MR) is 72.7 cm³/mol. The number of hydrogen-bond donors (Lipinski definition) is 0. The fraction of sp³-hybridized carbons (Fsp3) is 0.286. The van der Waals surface area contributed by atoms with Crippen molar-refractivity contribution in [2.45, 2.75) is 19.4 Å². The van der Waals surface area contributed by atoms with E-state index in [1.807, 2.05) is 12.1 Å². The zero-order chi connectivity index (χ0) is 13.4. The van der Waals surface area contributed by atoms with Gasteiger partial charge in [0, 0.05) is 21.5 Å². The van der Waals surface area contributed by atoms with Crippen LogP contribution in [0.4, 0.5) is 0 Å². The molecule has 0 aliphatic heterocycles. The molecular formula is C14H11BrO4. The number of carbonyl (C=O) groups excluding carboxylic acids is 1. The molecule has 1 saturated carbocycles. The summed E-state index contributed by atoms with van der Waals surface area (Å²) in [5.74, 6) is -0.126. The Hall–Kier alpha value is -1.62. The Kier molecular flexibility index (Phi) is 3.14. The van der Waals surface area contributed by atoms with E-state index >= 15 is 0 Å². The summed E-state index contributed by atoms with van der Waals surface area (Å²) in [6.07, 6.45) is 1.81. The fourth-order valence-corrected chi connectivity index (χ4v) is 2.25. The van der Waals surface area contributed by atoms with Crippen molar-refractivity contribution in [3.63, 3.8) is 0 Å². The number of halogens is 1. The second kappa shape index (κ2) is 4.81. The molecular weight excluding hydrogens is 312 g/mol. The van der Waals surface area contributed by atoms with Crippen molar-refractivity contribution in [2.24, 2.45) is 5.92 Å². The molecule has 2 aromatic rings. The summed E-state index contributed by atoms with van der Waals surface area (Å²) < 4.78 is 11.2. The first-order valence-electron chi connectivity index (χ1n) is 6.02. The van der Waals surface area contributed by atoms with E-state index < -0.39 is 5.63 Å². The van der Waals surface area contributed by atoms with Gasteiger partial charge in [-0.05, 0) is 31.0 Å². The minimum Gasteiger partial charge on any atom is -0.461 e. The number of benzene rings is 1. The van der Waals surface area contributed by atoms with Crippen molar-refractivity contribution in [1.82, 2.24) is 0 Å². The summed E-state index contributed by atoms with van der Waals surface area (Å²) in [5.41, 5.74) is 0.718. The Balaban J connectivity index is 1.92. The largest absolute Gasteiger partial charge is 0.461 e. The Labute approximate surface area is 117 Å². The molecule has 0 atom stereocenters. The van der Waals surface area contributed by atoms with Crippen molar-refractivity contribution >= 4 is 32.9 Å². The van der Waals surface area contributed by atoms with Crippen LogP contribution in [0.15, 0.2) is 37.9 Å². The van der Waals surface area contributed by atoms with Crippen molar-refractivity contribution in [1.29, 1.82) is 0 Å². The molecule has 0 radical (unpaired) electrons. The van der Waals surface area contributed by atoms with Gasteiger partial charge in [0.1, 0.15) is 12.2 Å². The summed E-state index contributed by atoms with van der Waals surface area (Å²) in [6.45, 7) is 0.110. The first kappa shape index (κ1) is 12.4. The second-order valence-electron chi connectivity index (χ2n) is 4.61. The molecule has 1 heterocycles. The van der Waals surface area contributed by atoms with Gasteiger partial charge in [-0.25, -0.2) is 4.79 Å². The lowest BCUT2D eigenvalue weighted by molar-refractivity contribution is -0.146. The van der Waals surface area contributed by atoms with Gasteiger partial charge in [-0.2, -0.15) is 0 Å². The van der Waals surface area contributed by atoms with Crippen molar-refractivity contribution in [3.05, 3.63) is 44.7 Å². The maximum atomic E-state index is 11.5. The van der Waals surface area contributed by atoms with E-state index in [0.29, 0.717) is 11.1 Å². The minimum absolute atomic E-state index is 0.0560. The Morgan fingerprint density at radius 2 is 2.16 bits per heavy atom. The summed E-state index contributed by atoms with van der Waals surface area (Å²) in [5, 5.41) is 0.784. The van der Waals surface area contributed by atoms with Gasteiger partial charge in [-0.15, -0.1) is 0 Å². The molecule has 0 bridgehead atoms. The zero-order valence-corrected chi connectivity index (χ0v) is 11.6. The number of rotatable bonds is 3.